The fourth-order valence-corrected chi connectivity index (χ4v) is 2.90. The maximum absolute atomic E-state index is 4.56. The van der Waals surface area contributed by atoms with Crippen molar-refractivity contribution in [1.29, 1.82) is 0 Å². The van der Waals surface area contributed by atoms with Gasteiger partial charge in [0.05, 0.1) is 0 Å². The molecule has 2 aromatic heterocycles. The SMILES string of the molecule is CCCNCC1CCCN1c1nccn2c(C)nnc12. The topological polar surface area (TPSA) is 58.4 Å². The Kier molecular flexibility index (Phi) is 3.82. The van der Waals surface area contributed by atoms with Crippen LogP contribution in [0, 0.1) is 6.92 Å². The molecule has 3 heterocycles. The Balaban J connectivity index is 1.85. The van der Waals surface area contributed by atoms with Gasteiger partial charge in [-0.25, -0.2) is 4.98 Å². The molecule has 1 aliphatic rings. The summed E-state index contributed by atoms with van der Waals surface area (Å²) in [5.74, 6) is 1.87. The number of aryl methyl sites for hydroxylation is 1. The molecule has 1 unspecified atom stereocenters. The predicted molar refractivity (Wildman–Crippen MR) is 79.0 cm³/mol. The molecular formula is C14H22N6. The zero-order valence-electron chi connectivity index (χ0n) is 12.2. The third-order valence-corrected chi connectivity index (χ3v) is 3.93. The summed E-state index contributed by atoms with van der Waals surface area (Å²) in [5, 5.41) is 12.0. The van der Waals surface area contributed by atoms with E-state index in [1.165, 1.54) is 19.3 Å². The molecule has 1 aliphatic heterocycles. The van der Waals surface area contributed by atoms with Gasteiger partial charge in [-0.15, -0.1) is 10.2 Å². The highest BCUT2D eigenvalue weighted by Gasteiger charge is 2.27. The third kappa shape index (κ3) is 2.35. The average Bonchev–Trinajstić information content (AvgIpc) is 3.07. The lowest BCUT2D eigenvalue weighted by atomic mass is 10.2. The van der Waals surface area contributed by atoms with Gasteiger partial charge in [-0.2, -0.15) is 0 Å². The van der Waals surface area contributed by atoms with Crippen LogP contribution in [0.1, 0.15) is 32.0 Å². The van der Waals surface area contributed by atoms with E-state index < -0.39 is 0 Å². The van der Waals surface area contributed by atoms with Crippen LogP contribution in [0.3, 0.4) is 0 Å². The predicted octanol–water partition coefficient (Wildman–Crippen LogP) is 1.40. The quantitative estimate of drug-likeness (QED) is 0.835. The second-order valence-corrected chi connectivity index (χ2v) is 5.39. The minimum Gasteiger partial charge on any atom is -0.349 e. The molecule has 20 heavy (non-hydrogen) atoms. The maximum Gasteiger partial charge on any atom is 0.203 e. The van der Waals surface area contributed by atoms with E-state index in [1.54, 1.807) is 0 Å². The van der Waals surface area contributed by atoms with E-state index in [0.717, 1.165) is 36.9 Å². The fourth-order valence-electron chi connectivity index (χ4n) is 2.90. The molecule has 108 valence electrons. The zero-order chi connectivity index (χ0) is 13.9. The van der Waals surface area contributed by atoms with Crippen molar-refractivity contribution in [2.45, 2.75) is 39.2 Å². The minimum atomic E-state index is 0.511. The van der Waals surface area contributed by atoms with Crippen molar-refractivity contribution in [3.05, 3.63) is 18.2 Å². The van der Waals surface area contributed by atoms with Crippen LogP contribution in [0.5, 0.6) is 0 Å². The van der Waals surface area contributed by atoms with Crippen molar-refractivity contribution in [2.75, 3.05) is 24.5 Å². The molecule has 0 aromatic carbocycles. The van der Waals surface area contributed by atoms with Gasteiger partial charge in [0.2, 0.25) is 5.65 Å². The van der Waals surface area contributed by atoms with Gasteiger partial charge in [0, 0.05) is 31.5 Å². The van der Waals surface area contributed by atoms with E-state index >= 15 is 0 Å². The first kappa shape index (κ1) is 13.3. The van der Waals surface area contributed by atoms with E-state index in [4.69, 9.17) is 0 Å². The van der Waals surface area contributed by atoms with Crippen LogP contribution in [0.25, 0.3) is 5.65 Å². The molecule has 3 rings (SSSR count). The number of fused-ring (bicyclic) bond motifs is 1. The minimum absolute atomic E-state index is 0.511. The zero-order valence-corrected chi connectivity index (χ0v) is 12.2. The first-order valence-electron chi connectivity index (χ1n) is 7.45. The van der Waals surface area contributed by atoms with Crippen LogP contribution in [0.2, 0.25) is 0 Å². The van der Waals surface area contributed by atoms with Gasteiger partial charge >= 0.3 is 0 Å². The van der Waals surface area contributed by atoms with E-state index in [9.17, 15) is 0 Å². The lowest BCUT2D eigenvalue weighted by molar-refractivity contribution is 0.568. The molecular weight excluding hydrogens is 252 g/mol. The Morgan fingerprint density at radius 2 is 2.30 bits per heavy atom. The van der Waals surface area contributed by atoms with Gasteiger partial charge < -0.3 is 10.2 Å². The molecule has 1 N–H and O–H groups in total. The number of nitrogens with zero attached hydrogens (tertiary/aromatic N) is 5. The number of aromatic nitrogens is 4. The number of anilines is 1. The van der Waals surface area contributed by atoms with Crippen LogP contribution in [0.4, 0.5) is 5.82 Å². The molecule has 2 aromatic rings. The molecule has 0 bridgehead atoms. The molecule has 1 saturated heterocycles. The summed E-state index contributed by atoms with van der Waals surface area (Å²) in [6.07, 6.45) is 7.37. The Labute approximate surface area is 119 Å². The first-order valence-corrected chi connectivity index (χ1v) is 7.45. The Morgan fingerprint density at radius 3 is 3.15 bits per heavy atom. The third-order valence-electron chi connectivity index (χ3n) is 3.93. The maximum atomic E-state index is 4.56. The Hall–Kier alpha value is -1.69. The number of hydrogen-bond donors (Lipinski definition) is 1. The van der Waals surface area contributed by atoms with Crippen molar-refractivity contribution < 1.29 is 0 Å². The van der Waals surface area contributed by atoms with Crippen LogP contribution >= 0.6 is 0 Å². The highest BCUT2D eigenvalue weighted by atomic mass is 15.3. The summed E-state index contributed by atoms with van der Waals surface area (Å²) in [7, 11) is 0. The molecule has 0 aliphatic carbocycles. The monoisotopic (exact) mass is 274 g/mol. The van der Waals surface area contributed by atoms with Gasteiger partial charge in [0.15, 0.2) is 5.82 Å². The molecule has 6 heteroatoms. The molecule has 0 saturated carbocycles. The standard InChI is InChI=1S/C14H22N6/c1-3-6-15-10-12-5-4-8-20(12)13-14-18-17-11(2)19(14)9-7-16-13/h7,9,12,15H,3-6,8,10H2,1-2H3. The summed E-state index contributed by atoms with van der Waals surface area (Å²) < 4.78 is 2.01. The summed E-state index contributed by atoms with van der Waals surface area (Å²) in [4.78, 5) is 6.94. The van der Waals surface area contributed by atoms with E-state index in [1.807, 2.05) is 23.7 Å². The fraction of sp³-hybridized carbons (Fsp3) is 0.643. The second kappa shape index (κ2) is 5.75. The van der Waals surface area contributed by atoms with Crippen molar-refractivity contribution in [3.63, 3.8) is 0 Å². The highest BCUT2D eigenvalue weighted by molar-refractivity contribution is 5.64. The van der Waals surface area contributed by atoms with E-state index in [-0.39, 0.29) is 0 Å². The van der Waals surface area contributed by atoms with Crippen LogP contribution in [0.15, 0.2) is 12.4 Å². The van der Waals surface area contributed by atoms with Gasteiger partial charge in [-0.1, -0.05) is 6.92 Å². The largest absolute Gasteiger partial charge is 0.349 e. The lowest BCUT2D eigenvalue weighted by Crippen LogP contribution is -2.39. The number of rotatable bonds is 5. The smallest absolute Gasteiger partial charge is 0.203 e. The molecule has 1 fully saturated rings. The van der Waals surface area contributed by atoms with Crippen molar-refractivity contribution in [2.24, 2.45) is 0 Å². The molecule has 0 amide bonds. The number of hydrogen-bond acceptors (Lipinski definition) is 5. The van der Waals surface area contributed by atoms with E-state index in [2.05, 4.69) is 32.3 Å². The molecule has 0 spiro atoms. The van der Waals surface area contributed by atoms with Crippen molar-refractivity contribution >= 4 is 11.5 Å². The van der Waals surface area contributed by atoms with Crippen LogP contribution < -0.4 is 10.2 Å². The molecule has 1 atom stereocenters. The molecule has 6 nitrogen and oxygen atoms in total. The van der Waals surface area contributed by atoms with Gasteiger partial charge in [-0.3, -0.25) is 4.40 Å². The van der Waals surface area contributed by atoms with Crippen molar-refractivity contribution in [1.82, 2.24) is 24.9 Å². The summed E-state index contributed by atoms with van der Waals surface area (Å²) in [6.45, 7) is 7.31. The van der Waals surface area contributed by atoms with Gasteiger partial charge in [0.25, 0.3) is 0 Å². The highest BCUT2D eigenvalue weighted by Crippen LogP contribution is 2.26. The average molecular weight is 274 g/mol. The summed E-state index contributed by atoms with van der Waals surface area (Å²) in [6, 6.07) is 0.511. The van der Waals surface area contributed by atoms with Crippen molar-refractivity contribution in [3.8, 4) is 0 Å². The Bertz CT molecular complexity index is 578. The normalized spacial score (nSPS) is 19.1. The van der Waals surface area contributed by atoms with Gasteiger partial charge in [0.1, 0.15) is 5.82 Å². The first-order chi connectivity index (χ1) is 9.81. The second-order valence-electron chi connectivity index (χ2n) is 5.39. The van der Waals surface area contributed by atoms with E-state index in [0.29, 0.717) is 6.04 Å². The lowest BCUT2D eigenvalue weighted by Gasteiger charge is -2.26. The summed E-state index contributed by atoms with van der Waals surface area (Å²) in [5.41, 5.74) is 0.868. The van der Waals surface area contributed by atoms with Crippen LogP contribution in [-0.4, -0.2) is 45.3 Å². The summed E-state index contributed by atoms with van der Waals surface area (Å²) >= 11 is 0. The molecule has 0 radical (unpaired) electrons. The van der Waals surface area contributed by atoms with Gasteiger partial charge in [-0.05, 0) is 32.7 Å². The van der Waals surface area contributed by atoms with Crippen LogP contribution in [-0.2, 0) is 0 Å². The Morgan fingerprint density at radius 1 is 1.40 bits per heavy atom. The number of nitrogens with one attached hydrogen (secondary N) is 1.